The van der Waals surface area contributed by atoms with Crippen LogP contribution in [-0.2, 0) is 9.84 Å². The van der Waals surface area contributed by atoms with E-state index in [4.69, 9.17) is 0 Å². The molecule has 0 radical (unpaired) electrons. The first kappa shape index (κ1) is 18.6. The molecule has 7 heteroatoms. The molecule has 26 heavy (non-hydrogen) atoms. The van der Waals surface area contributed by atoms with E-state index < -0.39 is 9.84 Å². The van der Waals surface area contributed by atoms with E-state index in [1.54, 1.807) is 10.7 Å². The number of aromatic nitrogens is 2. The lowest BCUT2D eigenvalue weighted by Crippen LogP contribution is -2.32. The molecular weight excluding hydrogens is 350 g/mol. The molecule has 1 saturated heterocycles. The largest absolute Gasteiger partial charge is 0.348 e. The molecule has 1 fully saturated rings. The maximum atomic E-state index is 12.5. The summed E-state index contributed by atoms with van der Waals surface area (Å²) in [5, 5.41) is 7.40. The molecule has 3 rings (SSSR count). The highest BCUT2D eigenvalue weighted by molar-refractivity contribution is 7.91. The van der Waals surface area contributed by atoms with Crippen LogP contribution in [-0.4, -0.2) is 41.7 Å². The standard InChI is InChI=1S/C19H25N3O3S/c1-4-14(3)20-19(23)17-11-18(15-7-5-13(2)6-8-15)22(21-17)16-9-10-26(24,25)12-16/h5-8,11,14,16H,4,9-10,12H2,1-3H3,(H,20,23)/t14-,16-/m0/s1. The molecule has 140 valence electrons. The molecule has 1 aromatic heterocycles. The van der Waals surface area contributed by atoms with Gasteiger partial charge in [0.25, 0.3) is 5.91 Å². The van der Waals surface area contributed by atoms with Crippen LogP contribution in [0.25, 0.3) is 11.3 Å². The Hall–Kier alpha value is -2.15. The number of nitrogens with one attached hydrogen (secondary N) is 1. The lowest BCUT2D eigenvalue weighted by molar-refractivity contribution is 0.0933. The maximum Gasteiger partial charge on any atom is 0.272 e. The minimum absolute atomic E-state index is 0.0577. The van der Waals surface area contributed by atoms with Crippen molar-refractivity contribution in [1.29, 1.82) is 0 Å². The molecular formula is C19H25N3O3S. The zero-order chi connectivity index (χ0) is 18.9. The second kappa shape index (κ2) is 7.23. The van der Waals surface area contributed by atoms with Gasteiger partial charge in [-0.1, -0.05) is 36.8 Å². The van der Waals surface area contributed by atoms with Gasteiger partial charge >= 0.3 is 0 Å². The SMILES string of the molecule is CC[C@H](C)NC(=O)c1cc(-c2ccc(C)cc2)n([C@H]2CCS(=O)(=O)C2)n1. The second-order valence-corrected chi connectivity index (χ2v) is 9.29. The van der Waals surface area contributed by atoms with Crippen molar-refractivity contribution < 1.29 is 13.2 Å². The number of sulfone groups is 1. The summed E-state index contributed by atoms with van der Waals surface area (Å²) in [5.74, 6) is 0.00601. The van der Waals surface area contributed by atoms with Crippen molar-refractivity contribution in [3.63, 3.8) is 0 Å². The van der Waals surface area contributed by atoms with Crippen molar-refractivity contribution in [3.8, 4) is 11.3 Å². The number of rotatable bonds is 5. The summed E-state index contributed by atoms with van der Waals surface area (Å²) in [6, 6.07) is 9.52. The summed E-state index contributed by atoms with van der Waals surface area (Å²) in [6.07, 6.45) is 1.35. The fourth-order valence-electron chi connectivity index (χ4n) is 3.09. The number of hydrogen-bond donors (Lipinski definition) is 1. The van der Waals surface area contributed by atoms with Crippen LogP contribution in [0.1, 0.15) is 48.8 Å². The van der Waals surface area contributed by atoms with Crippen molar-refractivity contribution >= 4 is 15.7 Å². The molecule has 6 nitrogen and oxygen atoms in total. The third-order valence-corrected chi connectivity index (χ3v) is 6.61. The summed E-state index contributed by atoms with van der Waals surface area (Å²) >= 11 is 0. The number of nitrogens with zero attached hydrogens (tertiary/aromatic N) is 2. The first-order valence-corrected chi connectivity index (χ1v) is 10.8. The Balaban J connectivity index is 2.00. The predicted molar refractivity (Wildman–Crippen MR) is 102 cm³/mol. The van der Waals surface area contributed by atoms with Gasteiger partial charge in [0.2, 0.25) is 0 Å². The van der Waals surface area contributed by atoms with Crippen LogP contribution in [0.4, 0.5) is 0 Å². The van der Waals surface area contributed by atoms with Crippen molar-refractivity contribution in [1.82, 2.24) is 15.1 Å². The van der Waals surface area contributed by atoms with E-state index in [2.05, 4.69) is 10.4 Å². The van der Waals surface area contributed by atoms with Crippen molar-refractivity contribution in [2.75, 3.05) is 11.5 Å². The van der Waals surface area contributed by atoms with Gasteiger partial charge in [-0.25, -0.2) is 8.42 Å². The van der Waals surface area contributed by atoms with Gasteiger partial charge in [0, 0.05) is 6.04 Å². The Labute approximate surface area is 154 Å². The predicted octanol–water partition coefficient (Wildman–Crippen LogP) is 2.75. The zero-order valence-corrected chi connectivity index (χ0v) is 16.2. The average molecular weight is 375 g/mol. The van der Waals surface area contributed by atoms with Crippen LogP contribution < -0.4 is 5.32 Å². The molecule has 2 heterocycles. The number of carbonyl (C=O) groups excluding carboxylic acids is 1. The Bertz CT molecular complexity index is 901. The van der Waals surface area contributed by atoms with E-state index in [-0.39, 0.29) is 29.5 Å². The van der Waals surface area contributed by atoms with Crippen LogP contribution in [0.3, 0.4) is 0 Å². The van der Waals surface area contributed by atoms with Crippen LogP contribution >= 0.6 is 0 Å². The third kappa shape index (κ3) is 3.98. The lowest BCUT2D eigenvalue weighted by Gasteiger charge is -2.13. The van der Waals surface area contributed by atoms with E-state index in [0.29, 0.717) is 12.1 Å². The van der Waals surface area contributed by atoms with Gasteiger partial charge in [-0.2, -0.15) is 5.10 Å². The van der Waals surface area contributed by atoms with E-state index in [1.165, 1.54) is 0 Å². The molecule has 1 amide bonds. The molecule has 1 aliphatic heterocycles. The quantitative estimate of drug-likeness (QED) is 0.871. The first-order chi connectivity index (χ1) is 12.3. The number of benzene rings is 1. The fraction of sp³-hybridized carbons (Fsp3) is 0.474. The zero-order valence-electron chi connectivity index (χ0n) is 15.4. The van der Waals surface area contributed by atoms with E-state index >= 15 is 0 Å². The molecule has 0 saturated carbocycles. The molecule has 1 aliphatic rings. The normalized spacial score (nSPS) is 20.0. The minimum atomic E-state index is -3.04. The Kier molecular flexibility index (Phi) is 5.18. The first-order valence-electron chi connectivity index (χ1n) is 8.97. The van der Waals surface area contributed by atoms with Crippen molar-refractivity contribution in [3.05, 3.63) is 41.6 Å². The highest BCUT2D eigenvalue weighted by Gasteiger charge is 2.32. The lowest BCUT2D eigenvalue weighted by atomic mass is 10.1. The molecule has 0 bridgehead atoms. The second-order valence-electron chi connectivity index (χ2n) is 7.07. The highest BCUT2D eigenvalue weighted by atomic mass is 32.2. The van der Waals surface area contributed by atoms with E-state index in [1.807, 2.05) is 45.0 Å². The molecule has 1 aromatic carbocycles. The molecule has 0 spiro atoms. The molecule has 1 N–H and O–H groups in total. The fourth-order valence-corrected chi connectivity index (χ4v) is 4.78. The van der Waals surface area contributed by atoms with E-state index in [9.17, 15) is 13.2 Å². The van der Waals surface area contributed by atoms with Gasteiger partial charge in [0.15, 0.2) is 15.5 Å². The summed E-state index contributed by atoms with van der Waals surface area (Å²) in [4.78, 5) is 12.5. The van der Waals surface area contributed by atoms with Crippen molar-refractivity contribution in [2.45, 2.75) is 45.7 Å². The summed E-state index contributed by atoms with van der Waals surface area (Å²) in [5.41, 5.74) is 3.17. The Morgan fingerprint density at radius 3 is 2.62 bits per heavy atom. The van der Waals surface area contributed by atoms with Crippen LogP contribution in [0, 0.1) is 6.92 Å². The van der Waals surface area contributed by atoms with Crippen LogP contribution in [0.2, 0.25) is 0 Å². The van der Waals surface area contributed by atoms with Gasteiger partial charge in [-0.3, -0.25) is 9.48 Å². The molecule has 0 aliphatic carbocycles. The summed E-state index contributed by atoms with van der Waals surface area (Å²) < 4.78 is 25.5. The molecule has 2 aromatic rings. The highest BCUT2D eigenvalue weighted by Crippen LogP contribution is 2.30. The Morgan fingerprint density at radius 1 is 1.35 bits per heavy atom. The van der Waals surface area contributed by atoms with Crippen LogP contribution in [0.5, 0.6) is 0 Å². The molecule has 2 atom stereocenters. The topological polar surface area (TPSA) is 81.1 Å². The molecule has 0 unspecified atom stereocenters. The number of carbonyl (C=O) groups is 1. The van der Waals surface area contributed by atoms with E-state index in [0.717, 1.165) is 23.2 Å². The minimum Gasteiger partial charge on any atom is -0.348 e. The smallest absolute Gasteiger partial charge is 0.272 e. The van der Waals surface area contributed by atoms with Gasteiger partial charge in [-0.15, -0.1) is 0 Å². The number of aryl methyl sites for hydroxylation is 1. The van der Waals surface area contributed by atoms with Crippen molar-refractivity contribution in [2.24, 2.45) is 0 Å². The van der Waals surface area contributed by atoms with Gasteiger partial charge in [0.05, 0.1) is 23.2 Å². The van der Waals surface area contributed by atoms with Crippen LogP contribution in [0.15, 0.2) is 30.3 Å². The van der Waals surface area contributed by atoms with Gasteiger partial charge in [-0.05, 0) is 38.3 Å². The maximum absolute atomic E-state index is 12.5. The average Bonchev–Trinajstić information content (AvgIpc) is 3.18. The monoisotopic (exact) mass is 375 g/mol. The number of hydrogen-bond acceptors (Lipinski definition) is 4. The third-order valence-electron chi connectivity index (χ3n) is 4.86. The summed E-state index contributed by atoms with van der Waals surface area (Å²) in [6.45, 7) is 5.96. The van der Waals surface area contributed by atoms with Gasteiger partial charge in [0.1, 0.15) is 0 Å². The van der Waals surface area contributed by atoms with Gasteiger partial charge < -0.3 is 5.32 Å². The number of amides is 1. The Morgan fingerprint density at radius 2 is 2.04 bits per heavy atom. The summed E-state index contributed by atoms with van der Waals surface area (Å²) in [7, 11) is -3.04.